The van der Waals surface area contributed by atoms with Crippen LogP contribution in [-0.4, -0.2) is 27.3 Å². The molecule has 1 aliphatic heterocycles. The maximum atomic E-state index is 13.6. The second-order valence-corrected chi connectivity index (χ2v) is 8.66. The predicted molar refractivity (Wildman–Crippen MR) is 124 cm³/mol. The Morgan fingerprint density at radius 2 is 1.80 bits per heavy atom. The van der Waals surface area contributed by atoms with Crippen molar-refractivity contribution in [3.05, 3.63) is 110 Å². The van der Waals surface area contributed by atoms with Gasteiger partial charge in [0, 0.05) is 34.8 Å². The molecule has 0 saturated carbocycles. The van der Waals surface area contributed by atoms with Crippen LogP contribution < -0.4 is 0 Å². The molecule has 1 unspecified atom stereocenters. The molecule has 0 spiro atoms. The average molecular weight is 500 g/mol. The number of fused-ring (bicyclic) bond motifs is 3. The summed E-state index contributed by atoms with van der Waals surface area (Å²) in [5, 5.41) is 12.2. The fraction of sp³-hybridized carbons (Fsp3) is 0.160. The third kappa shape index (κ3) is 4.01. The molecule has 1 aliphatic rings. The van der Waals surface area contributed by atoms with Crippen molar-refractivity contribution in [1.29, 1.82) is 0 Å². The zero-order valence-electron chi connectivity index (χ0n) is 18.0. The first kappa shape index (κ1) is 22.9. The fourth-order valence-electron chi connectivity index (χ4n) is 4.61. The highest BCUT2D eigenvalue weighted by molar-refractivity contribution is 6.32. The summed E-state index contributed by atoms with van der Waals surface area (Å²) < 4.78 is 39.5. The number of nitro groups is 1. The van der Waals surface area contributed by atoms with Crippen molar-refractivity contribution in [2.24, 2.45) is 0 Å². The number of hydrogen-bond acceptors (Lipinski definition) is 3. The number of nitro benzene ring substituents is 1. The molecule has 4 aromatic rings. The monoisotopic (exact) mass is 499 g/mol. The summed E-state index contributed by atoms with van der Waals surface area (Å²) in [7, 11) is 0. The lowest BCUT2D eigenvalue weighted by Gasteiger charge is -2.36. The number of amides is 1. The largest absolute Gasteiger partial charge is 0.416 e. The van der Waals surface area contributed by atoms with Crippen molar-refractivity contribution in [2.45, 2.75) is 18.6 Å². The summed E-state index contributed by atoms with van der Waals surface area (Å²) >= 11 is 5.91. The average Bonchev–Trinajstić information content (AvgIpc) is 3.21. The molecular weight excluding hydrogens is 483 g/mol. The molecule has 1 amide bonds. The number of nitrogens with one attached hydrogen (secondary N) is 1. The van der Waals surface area contributed by atoms with Crippen LogP contribution in [0.3, 0.4) is 0 Å². The molecular formula is C25H17ClF3N3O3. The third-order valence-electron chi connectivity index (χ3n) is 6.24. The first-order valence-corrected chi connectivity index (χ1v) is 11.0. The Labute approximate surface area is 202 Å². The normalized spacial score (nSPS) is 15.8. The Bertz CT molecular complexity index is 1460. The predicted octanol–water partition coefficient (Wildman–Crippen LogP) is 6.54. The van der Waals surface area contributed by atoms with Crippen molar-refractivity contribution in [1.82, 2.24) is 9.88 Å². The highest BCUT2D eigenvalue weighted by Gasteiger charge is 2.36. The molecule has 1 N–H and O–H groups in total. The molecule has 6 nitrogen and oxygen atoms in total. The van der Waals surface area contributed by atoms with E-state index in [1.165, 1.54) is 29.2 Å². The number of aromatic amines is 1. The van der Waals surface area contributed by atoms with E-state index in [4.69, 9.17) is 11.6 Å². The number of rotatable bonds is 3. The molecule has 0 radical (unpaired) electrons. The SMILES string of the molecule is O=C(c1ccc(Cl)c([N+](=O)[O-])c1)N1CCc2c([nH]c3ccccc23)C1c1ccc(C(F)(F)F)cc1. The van der Waals surface area contributed by atoms with E-state index < -0.39 is 34.3 Å². The van der Waals surface area contributed by atoms with Gasteiger partial charge >= 0.3 is 6.18 Å². The summed E-state index contributed by atoms with van der Waals surface area (Å²) in [6.07, 6.45) is -3.98. The van der Waals surface area contributed by atoms with E-state index in [2.05, 4.69) is 4.98 Å². The number of carbonyl (C=O) groups is 1. The van der Waals surface area contributed by atoms with Gasteiger partial charge in [-0.2, -0.15) is 13.2 Å². The van der Waals surface area contributed by atoms with Crippen molar-refractivity contribution in [3.63, 3.8) is 0 Å². The Kier molecular flexibility index (Phi) is 5.52. The molecule has 2 heterocycles. The van der Waals surface area contributed by atoms with Crippen molar-refractivity contribution in [2.75, 3.05) is 6.54 Å². The molecule has 0 aliphatic carbocycles. The number of aromatic nitrogens is 1. The van der Waals surface area contributed by atoms with Crippen LogP contribution in [0.15, 0.2) is 66.7 Å². The van der Waals surface area contributed by atoms with Gasteiger partial charge in [-0.15, -0.1) is 0 Å². The maximum Gasteiger partial charge on any atom is 0.416 e. The summed E-state index contributed by atoms with van der Waals surface area (Å²) in [5.41, 5.74) is 1.91. The van der Waals surface area contributed by atoms with Crippen molar-refractivity contribution >= 4 is 34.1 Å². The van der Waals surface area contributed by atoms with Crippen LogP contribution >= 0.6 is 11.6 Å². The van der Waals surface area contributed by atoms with Gasteiger partial charge < -0.3 is 9.88 Å². The van der Waals surface area contributed by atoms with Crippen LogP contribution in [0.2, 0.25) is 5.02 Å². The topological polar surface area (TPSA) is 79.2 Å². The summed E-state index contributed by atoms with van der Waals surface area (Å²) in [5.74, 6) is -0.487. The minimum Gasteiger partial charge on any atom is -0.356 e. The Hall–Kier alpha value is -3.85. The van der Waals surface area contributed by atoms with Crippen molar-refractivity contribution in [3.8, 4) is 0 Å². The second-order valence-electron chi connectivity index (χ2n) is 8.26. The fourth-order valence-corrected chi connectivity index (χ4v) is 4.80. The minimum atomic E-state index is -4.49. The first-order chi connectivity index (χ1) is 16.6. The minimum absolute atomic E-state index is 0.0672. The Morgan fingerprint density at radius 1 is 1.09 bits per heavy atom. The summed E-state index contributed by atoms with van der Waals surface area (Å²) in [6, 6.07) is 15.4. The lowest BCUT2D eigenvalue weighted by molar-refractivity contribution is -0.384. The first-order valence-electron chi connectivity index (χ1n) is 10.7. The number of alkyl halides is 3. The van der Waals surface area contributed by atoms with Crippen LogP contribution in [0, 0.1) is 10.1 Å². The smallest absolute Gasteiger partial charge is 0.356 e. The molecule has 1 aromatic heterocycles. The summed E-state index contributed by atoms with van der Waals surface area (Å²) in [6.45, 7) is 0.274. The van der Waals surface area contributed by atoms with E-state index in [1.54, 1.807) is 0 Å². The second kappa shape index (κ2) is 8.42. The van der Waals surface area contributed by atoms with Gasteiger partial charge in [0.2, 0.25) is 0 Å². The number of para-hydroxylation sites is 1. The number of carbonyl (C=O) groups excluding carboxylic acids is 1. The molecule has 0 bridgehead atoms. The van der Waals surface area contributed by atoms with Gasteiger partial charge in [0.05, 0.1) is 16.5 Å². The van der Waals surface area contributed by atoms with E-state index in [0.29, 0.717) is 17.7 Å². The number of nitrogens with zero attached hydrogens (tertiary/aromatic N) is 2. The summed E-state index contributed by atoms with van der Waals surface area (Å²) in [4.78, 5) is 29.1. The maximum absolute atomic E-state index is 13.6. The Morgan fingerprint density at radius 3 is 2.49 bits per heavy atom. The molecule has 10 heteroatoms. The standard InChI is InChI=1S/C25H17ClF3N3O3/c26-19-10-7-15(13-21(19)32(34)35)24(33)31-12-11-18-17-3-1-2-4-20(17)30-22(18)23(31)14-5-8-16(9-6-14)25(27,28)29/h1-10,13,23,30H,11-12H2. The van der Waals surface area contributed by atoms with Gasteiger partial charge in [-0.05, 0) is 47.9 Å². The van der Waals surface area contributed by atoms with Gasteiger partial charge in [0.1, 0.15) is 5.02 Å². The van der Waals surface area contributed by atoms with E-state index in [9.17, 15) is 28.1 Å². The van der Waals surface area contributed by atoms with Crippen LogP contribution in [0.4, 0.5) is 18.9 Å². The van der Waals surface area contributed by atoms with Crippen LogP contribution in [0.25, 0.3) is 10.9 Å². The molecule has 178 valence electrons. The van der Waals surface area contributed by atoms with Gasteiger partial charge in [-0.25, -0.2) is 0 Å². The van der Waals surface area contributed by atoms with Gasteiger partial charge in [0.15, 0.2) is 0 Å². The van der Waals surface area contributed by atoms with Crippen LogP contribution in [0.5, 0.6) is 0 Å². The highest BCUT2D eigenvalue weighted by atomic mass is 35.5. The van der Waals surface area contributed by atoms with E-state index in [-0.39, 0.29) is 17.1 Å². The molecule has 5 rings (SSSR count). The number of H-pyrrole nitrogens is 1. The van der Waals surface area contributed by atoms with E-state index >= 15 is 0 Å². The van der Waals surface area contributed by atoms with Crippen LogP contribution in [-0.2, 0) is 12.6 Å². The molecule has 0 fully saturated rings. The zero-order chi connectivity index (χ0) is 24.9. The number of halogens is 4. The van der Waals surface area contributed by atoms with Crippen molar-refractivity contribution < 1.29 is 22.9 Å². The van der Waals surface area contributed by atoms with Crippen LogP contribution in [0.1, 0.15) is 38.8 Å². The van der Waals surface area contributed by atoms with Gasteiger partial charge in [-0.3, -0.25) is 14.9 Å². The highest BCUT2D eigenvalue weighted by Crippen LogP contribution is 2.40. The van der Waals surface area contributed by atoms with Gasteiger partial charge in [-0.1, -0.05) is 41.9 Å². The molecule has 0 saturated heterocycles. The molecule has 1 atom stereocenters. The van der Waals surface area contributed by atoms with Gasteiger partial charge in [0.25, 0.3) is 11.6 Å². The third-order valence-corrected chi connectivity index (χ3v) is 6.56. The number of benzene rings is 3. The molecule has 3 aromatic carbocycles. The van der Waals surface area contributed by atoms with E-state index in [1.807, 2.05) is 24.3 Å². The number of hydrogen-bond donors (Lipinski definition) is 1. The zero-order valence-corrected chi connectivity index (χ0v) is 18.7. The lowest BCUT2D eigenvalue weighted by Crippen LogP contribution is -2.40. The molecule has 35 heavy (non-hydrogen) atoms. The lowest BCUT2D eigenvalue weighted by atomic mass is 9.91. The quantitative estimate of drug-likeness (QED) is 0.257. The van der Waals surface area contributed by atoms with E-state index in [0.717, 1.165) is 34.7 Å². The Balaban J connectivity index is 1.63.